The minimum Gasteiger partial charge on any atom is -0.328 e. The molecular formula is C16H23N3. The first-order valence-electron chi connectivity index (χ1n) is 7.77. The van der Waals surface area contributed by atoms with Crippen LogP contribution >= 0.6 is 0 Å². The number of aryl methyl sites for hydroxylation is 2. The number of imidazole rings is 1. The van der Waals surface area contributed by atoms with Gasteiger partial charge in [0.15, 0.2) is 0 Å². The minimum atomic E-state index is 0.182. The van der Waals surface area contributed by atoms with Crippen molar-refractivity contribution in [2.75, 3.05) is 0 Å². The first kappa shape index (κ1) is 12.7. The summed E-state index contributed by atoms with van der Waals surface area (Å²) in [6.07, 6.45) is 10.8. The monoisotopic (exact) mass is 257 g/mol. The lowest BCUT2D eigenvalue weighted by molar-refractivity contribution is 0.355. The third-order valence-electron chi connectivity index (χ3n) is 4.82. The second-order valence-corrected chi connectivity index (χ2v) is 6.07. The zero-order valence-corrected chi connectivity index (χ0v) is 11.9. The van der Waals surface area contributed by atoms with E-state index in [1.807, 2.05) is 0 Å². The predicted molar refractivity (Wildman–Crippen MR) is 74.8 cm³/mol. The topological polar surface area (TPSA) is 41.6 Å². The molecule has 0 saturated heterocycles. The van der Waals surface area contributed by atoms with Gasteiger partial charge >= 0.3 is 0 Å². The van der Waals surface area contributed by atoms with Gasteiger partial charge < -0.3 is 4.57 Å². The highest BCUT2D eigenvalue weighted by atomic mass is 15.1. The zero-order chi connectivity index (χ0) is 13.2. The second-order valence-electron chi connectivity index (χ2n) is 6.07. The Bertz CT molecular complexity index is 495. The van der Waals surface area contributed by atoms with Crippen LogP contribution in [0.2, 0.25) is 0 Å². The summed E-state index contributed by atoms with van der Waals surface area (Å²) in [7, 11) is 0. The van der Waals surface area contributed by atoms with Crippen molar-refractivity contribution in [3.63, 3.8) is 0 Å². The summed E-state index contributed by atoms with van der Waals surface area (Å²) in [5.74, 6) is 1.32. The number of rotatable bonds is 1. The number of hydrogen-bond donors (Lipinski definition) is 0. The highest BCUT2D eigenvalue weighted by molar-refractivity contribution is 5.21. The fourth-order valence-corrected chi connectivity index (χ4v) is 3.89. The van der Waals surface area contributed by atoms with Gasteiger partial charge in [0.25, 0.3) is 0 Å². The molecule has 3 nitrogen and oxygen atoms in total. The van der Waals surface area contributed by atoms with Crippen LogP contribution in [0.1, 0.15) is 68.2 Å². The Kier molecular flexibility index (Phi) is 3.59. The predicted octanol–water partition coefficient (Wildman–Crippen LogP) is 3.72. The van der Waals surface area contributed by atoms with E-state index in [4.69, 9.17) is 4.98 Å². The Hall–Kier alpha value is -1.30. The first-order chi connectivity index (χ1) is 9.31. The summed E-state index contributed by atoms with van der Waals surface area (Å²) in [5.41, 5.74) is 2.75. The maximum absolute atomic E-state index is 9.50. The van der Waals surface area contributed by atoms with E-state index < -0.39 is 0 Å². The molecule has 2 unspecified atom stereocenters. The van der Waals surface area contributed by atoms with Crippen molar-refractivity contribution in [1.82, 2.24) is 9.55 Å². The van der Waals surface area contributed by atoms with E-state index in [2.05, 4.69) is 17.6 Å². The third-order valence-corrected chi connectivity index (χ3v) is 4.82. The van der Waals surface area contributed by atoms with Gasteiger partial charge in [0.2, 0.25) is 0 Å². The summed E-state index contributed by atoms with van der Waals surface area (Å²) in [4.78, 5) is 4.78. The fourth-order valence-electron chi connectivity index (χ4n) is 3.89. The molecule has 1 fully saturated rings. The minimum absolute atomic E-state index is 0.182. The maximum Gasteiger partial charge on any atom is 0.106 e. The van der Waals surface area contributed by atoms with E-state index in [0.29, 0.717) is 6.04 Å². The molecule has 0 N–H and O–H groups in total. The van der Waals surface area contributed by atoms with Crippen molar-refractivity contribution in [1.29, 1.82) is 5.26 Å². The summed E-state index contributed by atoms with van der Waals surface area (Å²) in [6.45, 7) is 2.12. The van der Waals surface area contributed by atoms with E-state index in [-0.39, 0.29) is 5.92 Å². The van der Waals surface area contributed by atoms with Crippen LogP contribution < -0.4 is 0 Å². The van der Waals surface area contributed by atoms with Crippen molar-refractivity contribution in [3.8, 4) is 6.07 Å². The number of fused-ring (bicyclic) bond motifs is 1. The molecule has 0 aliphatic heterocycles. The molecule has 0 radical (unpaired) electrons. The molecule has 2 atom stereocenters. The number of nitriles is 1. The standard InChI is InChI=1S/C16H23N3/c1-12-18-14-8-5-6-10-16(14)19(12)15-9-4-2-3-7-13(15)11-17/h13,15H,2-10H2,1H3. The van der Waals surface area contributed by atoms with Crippen molar-refractivity contribution in [2.45, 2.75) is 70.8 Å². The van der Waals surface area contributed by atoms with E-state index in [1.165, 1.54) is 43.5 Å². The van der Waals surface area contributed by atoms with Crippen molar-refractivity contribution >= 4 is 0 Å². The van der Waals surface area contributed by atoms with Crippen LogP contribution in [0.15, 0.2) is 0 Å². The van der Waals surface area contributed by atoms with E-state index in [0.717, 1.165) is 31.5 Å². The number of nitrogens with zero attached hydrogens (tertiary/aromatic N) is 3. The van der Waals surface area contributed by atoms with Gasteiger partial charge in [-0.1, -0.05) is 19.3 Å². The summed E-state index contributed by atoms with van der Waals surface area (Å²) in [6, 6.07) is 2.94. The van der Waals surface area contributed by atoms with Gasteiger partial charge in [-0.15, -0.1) is 0 Å². The van der Waals surface area contributed by atoms with Gasteiger partial charge in [0.1, 0.15) is 5.82 Å². The molecule has 0 spiro atoms. The van der Waals surface area contributed by atoms with E-state index in [9.17, 15) is 5.26 Å². The lowest BCUT2D eigenvalue weighted by Gasteiger charge is -2.26. The van der Waals surface area contributed by atoms with Crippen LogP contribution in [0.3, 0.4) is 0 Å². The highest BCUT2D eigenvalue weighted by Crippen LogP contribution is 2.36. The molecule has 2 aliphatic rings. The molecule has 19 heavy (non-hydrogen) atoms. The SMILES string of the molecule is Cc1nc2c(n1C1CCCCCC1C#N)CCCC2. The van der Waals surface area contributed by atoms with Crippen molar-refractivity contribution in [2.24, 2.45) is 5.92 Å². The van der Waals surface area contributed by atoms with Crippen LogP contribution in [-0.2, 0) is 12.8 Å². The van der Waals surface area contributed by atoms with Gasteiger partial charge in [-0.3, -0.25) is 0 Å². The molecule has 1 aromatic heterocycles. The second kappa shape index (κ2) is 5.36. The van der Waals surface area contributed by atoms with E-state index in [1.54, 1.807) is 0 Å². The molecule has 2 aliphatic carbocycles. The molecule has 1 saturated carbocycles. The lowest BCUT2D eigenvalue weighted by Crippen LogP contribution is -2.21. The van der Waals surface area contributed by atoms with Crippen LogP contribution in [0.25, 0.3) is 0 Å². The molecule has 1 aromatic rings. The van der Waals surface area contributed by atoms with Crippen LogP contribution in [0.5, 0.6) is 0 Å². The van der Waals surface area contributed by atoms with Crippen molar-refractivity contribution in [3.05, 3.63) is 17.2 Å². The average molecular weight is 257 g/mol. The van der Waals surface area contributed by atoms with Gasteiger partial charge in [-0.2, -0.15) is 5.26 Å². The largest absolute Gasteiger partial charge is 0.328 e. The summed E-state index contributed by atoms with van der Waals surface area (Å²) >= 11 is 0. The highest BCUT2D eigenvalue weighted by Gasteiger charge is 2.29. The molecule has 3 rings (SSSR count). The van der Waals surface area contributed by atoms with Gasteiger partial charge in [-0.25, -0.2) is 4.98 Å². The normalized spacial score (nSPS) is 27.4. The molecule has 102 valence electrons. The Labute approximate surface area is 115 Å². The van der Waals surface area contributed by atoms with Gasteiger partial charge in [0, 0.05) is 5.69 Å². The third kappa shape index (κ3) is 2.29. The summed E-state index contributed by atoms with van der Waals surface area (Å²) in [5, 5.41) is 9.50. The van der Waals surface area contributed by atoms with Crippen LogP contribution in [0.4, 0.5) is 0 Å². The zero-order valence-electron chi connectivity index (χ0n) is 11.9. The van der Waals surface area contributed by atoms with Crippen LogP contribution in [-0.4, -0.2) is 9.55 Å². The Balaban J connectivity index is 2.00. The van der Waals surface area contributed by atoms with Gasteiger partial charge in [-0.05, 0) is 45.4 Å². The van der Waals surface area contributed by atoms with Crippen molar-refractivity contribution < 1.29 is 0 Å². The summed E-state index contributed by atoms with van der Waals surface area (Å²) < 4.78 is 2.44. The number of hydrogen-bond acceptors (Lipinski definition) is 2. The average Bonchev–Trinajstić information content (AvgIpc) is 2.61. The quantitative estimate of drug-likeness (QED) is 0.720. The molecule has 0 amide bonds. The molecule has 3 heteroatoms. The molecule has 0 aromatic carbocycles. The Morgan fingerprint density at radius 2 is 1.89 bits per heavy atom. The molecular weight excluding hydrogens is 234 g/mol. The Morgan fingerprint density at radius 3 is 2.74 bits per heavy atom. The fraction of sp³-hybridized carbons (Fsp3) is 0.750. The van der Waals surface area contributed by atoms with Crippen LogP contribution in [0, 0.1) is 24.2 Å². The maximum atomic E-state index is 9.50. The first-order valence-corrected chi connectivity index (χ1v) is 7.77. The smallest absolute Gasteiger partial charge is 0.106 e. The van der Waals surface area contributed by atoms with Gasteiger partial charge in [0.05, 0.1) is 23.7 Å². The number of aromatic nitrogens is 2. The Morgan fingerprint density at radius 1 is 1.11 bits per heavy atom. The van der Waals surface area contributed by atoms with E-state index >= 15 is 0 Å². The molecule has 1 heterocycles. The lowest BCUT2D eigenvalue weighted by atomic mass is 9.94. The molecule has 0 bridgehead atoms.